The molecule has 5 aliphatic rings. The molecule has 7 rings (SSSR count). The Hall–Kier alpha value is -4.21. The predicted molar refractivity (Wildman–Crippen MR) is 206 cm³/mol. The Morgan fingerprint density at radius 3 is 2.48 bits per heavy atom. The highest BCUT2D eigenvalue weighted by Gasteiger charge is 2.63. The van der Waals surface area contributed by atoms with Gasteiger partial charge in [-0.2, -0.15) is 0 Å². The summed E-state index contributed by atoms with van der Waals surface area (Å²) in [6.45, 7) is 10.7. The van der Waals surface area contributed by atoms with Crippen LogP contribution in [0.3, 0.4) is 0 Å². The summed E-state index contributed by atoms with van der Waals surface area (Å²) in [5.41, 5.74) is -0.347. The summed E-state index contributed by atoms with van der Waals surface area (Å²) in [7, 11) is -2.40. The van der Waals surface area contributed by atoms with Crippen molar-refractivity contribution in [2.24, 2.45) is 23.2 Å². The normalized spacial score (nSPS) is 31.6. The maximum Gasteiger partial charge on any atom is 0.408 e. The second kappa shape index (κ2) is 14.6. The van der Waals surface area contributed by atoms with Crippen molar-refractivity contribution in [3.8, 4) is 11.6 Å². The van der Waals surface area contributed by atoms with E-state index in [1.54, 1.807) is 27.0 Å². The van der Waals surface area contributed by atoms with Gasteiger partial charge in [0.25, 0.3) is 5.91 Å². The van der Waals surface area contributed by atoms with Gasteiger partial charge in [-0.25, -0.2) is 23.2 Å². The Morgan fingerprint density at radius 1 is 1.07 bits per heavy atom. The van der Waals surface area contributed by atoms with Crippen molar-refractivity contribution < 1.29 is 41.8 Å². The van der Waals surface area contributed by atoms with Crippen LogP contribution in [0, 0.1) is 23.2 Å². The standard InChI is InChI=1S/C40H56N6O9S/c1-8-24-20-40(24,36(49)45-56(51,52)39(6)16-17-39)44-33(47)31-22(2)30-21-46(31)35(48)32(38(3,4)5)43-37(50)55-29-18-23(29)12-10-9-11-13-27-34(54-30)42-28-19-25(53-7)14-15-26(28)41-27/h14-15,19,22-24,29-32H,8-13,16-18,20-21H2,1-7H3,(H,43,50)(H,44,47)(H,45,49)/t22-,23-,24-,29-,30+,31+,32-,40-/m1/s1. The molecule has 1 saturated heterocycles. The molecule has 306 valence electrons. The number of aromatic nitrogens is 2. The molecule has 1 aromatic heterocycles. The van der Waals surface area contributed by atoms with Crippen molar-refractivity contribution in [2.75, 3.05) is 13.7 Å². The van der Waals surface area contributed by atoms with E-state index in [1.165, 1.54) is 4.90 Å². The lowest BCUT2D eigenvalue weighted by atomic mass is 9.85. The molecule has 0 unspecified atom stereocenters. The van der Waals surface area contributed by atoms with Gasteiger partial charge < -0.3 is 29.7 Å². The number of carbonyl (C=O) groups is 4. The van der Waals surface area contributed by atoms with E-state index in [0.29, 0.717) is 54.0 Å². The zero-order valence-corrected chi connectivity index (χ0v) is 34.3. The van der Waals surface area contributed by atoms with Crippen LogP contribution in [0.15, 0.2) is 18.2 Å². The van der Waals surface area contributed by atoms with Gasteiger partial charge in [0, 0.05) is 12.0 Å². The molecule has 15 nitrogen and oxygen atoms in total. The number of nitrogens with zero attached hydrogens (tertiary/aromatic N) is 3. The number of alkyl carbamates (subject to hydrolysis) is 1. The zero-order valence-electron chi connectivity index (χ0n) is 33.5. The molecule has 3 N–H and O–H groups in total. The molecule has 3 saturated carbocycles. The molecular formula is C40H56N6O9S. The van der Waals surface area contributed by atoms with Crippen LogP contribution in [0.4, 0.5) is 4.79 Å². The first kappa shape index (κ1) is 40.0. The average molecular weight is 797 g/mol. The molecule has 8 atom stereocenters. The Kier molecular flexibility index (Phi) is 10.4. The highest BCUT2D eigenvalue weighted by Crippen LogP contribution is 2.48. The number of amides is 4. The quantitative estimate of drug-likeness (QED) is 0.364. The Balaban J connectivity index is 1.24. The smallest absolute Gasteiger partial charge is 0.408 e. The Morgan fingerprint density at radius 2 is 1.82 bits per heavy atom. The lowest BCUT2D eigenvalue weighted by molar-refractivity contribution is -0.143. The first-order chi connectivity index (χ1) is 26.4. The van der Waals surface area contributed by atoms with Gasteiger partial charge in [-0.1, -0.05) is 53.9 Å². The fourth-order valence-electron chi connectivity index (χ4n) is 8.33. The number of hydrogen-bond acceptors (Lipinski definition) is 11. The van der Waals surface area contributed by atoms with E-state index in [9.17, 15) is 27.6 Å². The minimum atomic E-state index is -3.98. The summed E-state index contributed by atoms with van der Waals surface area (Å²) >= 11 is 0. The third kappa shape index (κ3) is 7.73. The van der Waals surface area contributed by atoms with Gasteiger partial charge in [-0.15, -0.1) is 0 Å². The topological polar surface area (TPSA) is 195 Å². The Labute approximate surface area is 328 Å². The van der Waals surface area contributed by atoms with Gasteiger partial charge in [0.1, 0.15) is 41.3 Å². The van der Waals surface area contributed by atoms with Crippen molar-refractivity contribution in [3.63, 3.8) is 0 Å². The predicted octanol–water partition coefficient (Wildman–Crippen LogP) is 4.16. The summed E-state index contributed by atoms with van der Waals surface area (Å²) < 4.78 is 45.4. The van der Waals surface area contributed by atoms with Crippen molar-refractivity contribution in [3.05, 3.63) is 23.9 Å². The number of rotatable bonds is 7. The third-order valence-corrected chi connectivity index (χ3v) is 14.8. The van der Waals surface area contributed by atoms with Crippen LogP contribution in [0.25, 0.3) is 11.0 Å². The summed E-state index contributed by atoms with van der Waals surface area (Å²) in [5, 5.41) is 5.75. The number of methoxy groups -OCH3 is 1. The molecule has 2 aliphatic heterocycles. The Bertz CT molecular complexity index is 2020. The molecule has 0 radical (unpaired) electrons. The fourth-order valence-corrected chi connectivity index (χ4v) is 9.64. The molecule has 4 amide bonds. The highest BCUT2D eigenvalue weighted by atomic mass is 32.2. The summed E-state index contributed by atoms with van der Waals surface area (Å²) in [6.07, 6.45) is 4.99. The molecule has 4 fully saturated rings. The third-order valence-electron chi connectivity index (χ3n) is 12.7. The molecule has 1 aromatic carbocycles. The second-order valence-corrected chi connectivity index (χ2v) is 20.1. The van der Waals surface area contributed by atoms with E-state index in [2.05, 4.69) is 15.4 Å². The molecular weight excluding hydrogens is 741 g/mol. The number of aryl methyl sites for hydroxylation is 1. The monoisotopic (exact) mass is 796 g/mol. The largest absolute Gasteiger partial charge is 0.497 e. The van der Waals surface area contributed by atoms with Gasteiger partial charge in [-0.3, -0.25) is 19.1 Å². The van der Waals surface area contributed by atoms with Gasteiger partial charge in [-0.05, 0) is 81.3 Å². The van der Waals surface area contributed by atoms with E-state index >= 15 is 0 Å². The zero-order chi connectivity index (χ0) is 40.4. The lowest BCUT2D eigenvalue weighted by Gasteiger charge is -2.36. The summed E-state index contributed by atoms with van der Waals surface area (Å²) in [6, 6.07) is 3.22. The molecule has 3 aliphatic carbocycles. The molecule has 0 spiro atoms. The number of fused-ring (bicyclic) bond motifs is 5. The SMILES string of the molecule is CC[C@@H]1C[C@]1(NC(=O)[C@@H]1[C@H](C)[C@@H]2CN1C(=O)[C@H](C(C)(C)C)NC(=O)O[C@@H]1C[C@H]1CCCCCc1nc3ccc(OC)cc3nc1O2)C(=O)NS(=O)(=O)C1(C)CC1. The number of benzene rings is 1. The minimum Gasteiger partial charge on any atom is -0.497 e. The number of hydrogen-bond donors (Lipinski definition) is 3. The van der Waals surface area contributed by atoms with Crippen molar-refractivity contribution in [2.45, 2.75) is 140 Å². The molecule has 2 aromatic rings. The molecule has 16 heteroatoms. The number of carbonyl (C=O) groups excluding carboxylic acids is 4. The number of nitrogens with one attached hydrogen (secondary N) is 3. The van der Waals surface area contributed by atoms with Crippen molar-refractivity contribution >= 4 is 44.9 Å². The van der Waals surface area contributed by atoms with E-state index < -0.39 is 73.6 Å². The number of ether oxygens (including phenoxy) is 3. The van der Waals surface area contributed by atoms with E-state index in [-0.39, 0.29) is 30.9 Å². The van der Waals surface area contributed by atoms with Crippen LogP contribution < -0.4 is 24.8 Å². The van der Waals surface area contributed by atoms with E-state index in [4.69, 9.17) is 24.2 Å². The molecule has 2 bridgehead atoms. The minimum absolute atomic E-state index is 0.0352. The maximum absolute atomic E-state index is 14.8. The molecule has 56 heavy (non-hydrogen) atoms. The lowest BCUT2D eigenvalue weighted by Crippen LogP contribution is -2.61. The second-order valence-electron chi connectivity index (χ2n) is 17.9. The van der Waals surface area contributed by atoms with Gasteiger partial charge in [0.05, 0.1) is 29.4 Å². The van der Waals surface area contributed by atoms with Crippen LogP contribution >= 0.6 is 0 Å². The van der Waals surface area contributed by atoms with E-state index in [1.807, 2.05) is 39.8 Å². The average Bonchev–Trinajstić information content (AvgIpc) is 4.09. The van der Waals surface area contributed by atoms with Gasteiger partial charge in [0.15, 0.2) is 0 Å². The van der Waals surface area contributed by atoms with Crippen molar-refractivity contribution in [1.82, 2.24) is 30.2 Å². The van der Waals surface area contributed by atoms with Crippen molar-refractivity contribution in [1.29, 1.82) is 0 Å². The van der Waals surface area contributed by atoms with Crippen LogP contribution in [-0.2, 0) is 35.6 Å². The molecule has 3 heterocycles. The van der Waals surface area contributed by atoms with Gasteiger partial charge in [0.2, 0.25) is 27.7 Å². The fraction of sp³-hybridized carbons (Fsp3) is 0.700. The first-order valence-electron chi connectivity index (χ1n) is 20.1. The maximum atomic E-state index is 14.8. The van der Waals surface area contributed by atoms with Gasteiger partial charge >= 0.3 is 6.09 Å². The summed E-state index contributed by atoms with van der Waals surface area (Å²) in [5.74, 6) is -1.68. The van der Waals surface area contributed by atoms with Crippen LogP contribution in [0.2, 0.25) is 0 Å². The number of sulfonamides is 1. The van der Waals surface area contributed by atoms with E-state index in [0.717, 1.165) is 32.1 Å². The first-order valence-corrected chi connectivity index (χ1v) is 21.6. The van der Waals surface area contributed by atoms with Crippen LogP contribution in [0.5, 0.6) is 11.6 Å². The van der Waals surface area contributed by atoms with Crippen LogP contribution in [-0.4, -0.2) is 95.3 Å². The summed E-state index contributed by atoms with van der Waals surface area (Å²) in [4.78, 5) is 67.8. The highest BCUT2D eigenvalue weighted by molar-refractivity contribution is 7.91. The van der Waals surface area contributed by atoms with Crippen LogP contribution in [0.1, 0.15) is 105 Å².